The summed E-state index contributed by atoms with van der Waals surface area (Å²) in [6.45, 7) is 14.2. The van der Waals surface area contributed by atoms with Crippen LogP contribution in [0.4, 0.5) is 11.6 Å². The summed E-state index contributed by atoms with van der Waals surface area (Å²) in [5.41, 5.74) is 12.9. The number of amides is 5. The normalized spacial score (nSPS) is 22.9. The van der Waals surface area contributed by atoms with Crippen LogP contribution in [0.1, 0.15) is 200 Å². The van der Waals surface area contributed by atoms with Gasteiger partial charge in [-0.25, -0.2) is 49.8 Å². The zero-order chi connectivity index (χ0) is 104. The average molecular weight is 2130 g/mol. The molecule has 762 valence electrons. The van der Waals surface area contributed by atoms with Crippen molar-refractivity contribution in [3.8, 4) is 45.1 Å². The SMILES string of the molecule is CC(=O)c1nn(CC(=O)N2[C@H]3C[C@@]4(COc5cccc(n5)CCCCc5ccc(Br)nc5NC3=O)C[C@@H]24)c2ccc(-c3cnc(C)nc3)cc12.CC(=O)c1nn(CC(=O)N2[C@H]3C[C@@]4(COc5cccc(n5)CCc5ccc(Br)nc5NC3=O)C[C@@H]24)c2ccc(-c3cnc(C)nc3)cc12.COC1CCC(=O)CC[C@@]23C[C@@H](C(=O)Cc4cccc(C)n4)N(C(=O)Cn4nc(C(C)=O)c5cc(-c6cnc(C)nc6)cc(c54)CCC1C)[C@@H]2C3. The van der Waals surface area contributed by atoms with E-state index in [1.165, 1.54) is 20.8 Å². The molecule has 11 atom stereocenters. The van der Waals surface area contributed by atoms with Crippen LogP contribution in [-0.2, 0) is 96.5 Å². The van der Waals surface area contributed by atoms with Gasteiger partial charge >= 0.3 is 0 Å². The molecule has 5 amide bonds. The van der Waals surface area contributed by atoms with E-state index < -0.39 is 18.1 Å². The number of hydrogen-bond donors (Lipinski definition) is 2. The van der Waals surface area contributed by atoms with E-state index in [1.807, 2.05) is 149 Å². The van der Waals surface area contributed by atoms with E-state index in [2.05, 4.69) is 111 Å². The lowest BCUT2D eigenvalue weighted by atomic mass is 9.88. The van der Waals surface area contributed by atoms with E-state index in [4.69, 9.17) is 29.3 Å². The summed E-state index contributed by atoms with van der Waals surface area (Å²) < 4.78 is 24.4. The predicted octanol–water partition coefficient (Wildman–Crippen LogP) is 15.9. The van der Waals surface area contributed by atoms with Crippen LogP contribution in [0.3, 0.4) is 0 Å². The molecule has 3 saturated carbocycles. The summed E-state index contributed by atoms with van der Waals surface area (Å²) in [7, 11) is 1.70. The van der Waals surface area contributed by atoms with Crippen molar-refractivity contribution in [3.63, 3.8) is 0 Å². The molecule has 2 spiro atoms. The Labute approximate surface area is 875 Å². The van der Waals surface area contributed by atoms with Gasteiger partial charge in [0.1, 0.15) is 92.9 Å². The molecule has 149 heavy (non-hydrogen) atoms. The van der Waals surface area contributed by atoms with Crippen molar-refractivity contribution < 1.29 is 62.2 Å². The summed E-state index contributed by atoms with van der Waals surface area (Å²) in [6.07, 6.45) is 22.2. The van der Waals surface area contributed by atoms with Gasteiger partial charge in [0, 0.05) is 175 Å². The Morgan fingerprint density at radius 3 is 1.50 bits per heavy atom. The Kier molecular flexibility index (Phi) is 27.6. The number of nitrogens with zero attached hydrogens (tertiary/aromatic N) is 20. The van der Waals surface area contributed by atoms with Gasteiger partial charge in [-0.15, -0.1) is 0 Å². The molecule has 6 fully saturated rings. The Hall–Kier alpha value is -14.7. The molecular weight excluding hydrogens is 2020 g/mol. The lowest BCUT2D eigenvalue weighted by Gasteiger charge is -2.27. The number of methoxy groups -OCH3 is 1. The zero-order valence-corrected chi connectivity index (χ0v) is 87.4. The van der Waals surface area contributed by atoms with E-state index >= 15 is 0 Å². The number of ether oxygens (including phenoxy) is 3. The number of carbonyl (C=O) groups excluding carboxylic acids is 10. The maximum Gasteiger partial charge on any atom is 0.248 e. The third kappa shape index (κ3) is 20.7. The number of Topliss-reactive ketones (excluding diaryl/α,β-unsaturated/α-hetero) is 5. The summed E-state index contributed by atoms with van der Waals surface area (Å²) in [5.74, 6) is 2.36. The van der Waals surface area contributed by atoms with Crippen LogP contribution in [0.2, 0.25) is 0 Å². The maximum atomic E-state index is 14.5. The number of pyridine rings is 5. The van der Waals surface area contributed by atoms with Gasteiger partial charge in [-0.1, -0.05) is 49.4 Å². The molecule has 35 nitrogen and oxygen atoms in total. The van der Waals surface area contributed by atoms with Gasteiger partial charge < -0.3 is 39.5 Å². The molecule has 3 aromatic carbocycles. The quantitative estimate of drug-likeness (QED) is 0.0754. The highest BCUT2D eigenvalue weighted by atomic mass is 79.9. The van der Waals surface area contributed by atoms with Crippen molar-refractivity contribution in [2.75, 3.05) is 31.0 Å². The Morgan fingerprint density at radius 1 is 0.470 bits per heavy atom. The van der Waals surface area contributed by atoms with E-state index in [9.17, 15) is 47.9 Å². The van der Waals surface area contributed by atoms with Crippen molar-refractivity contribution >= 4 is 135 Å². The molecule has 37 heteroatoms. The fourth-order valence-electron chi connectivity index (χ4n) is 23.0. The lowest BCUT2D eigenvalue weighted by Crippen LogP contribution is -2.47. The fourth-order valence-corrected chi connectivity index (χ4v) is 23.6. The number of ketones is 5. The summed E-state index contributed by atoms with van der Waals surface area (Å²) in [4.78, 5) is 192. The van der Waals surface area contributed by atoms with Gasteiger partial charge in [-0.3, -0.25) is 67.0 Å². The van der Waals surface area contributed by atoms with Gasteiger partial charge in [0.15, 0.2) is 23.1 Å². The van der Waals surface area contributed by atoms with Crippen LogP contribution in [-0.4, -0.2) is 220 Å². The summed E-state index contributed by atoms with van der Waals surface area (Å²) >= 11 is 6.90. The number of likely N-dealkylation sites (tertiary alicyclic amines) is 2. The second-order valence-corrected chi connectivity index (χ2v) is 42.9. The van der Waals surface area contributed by atoms with Crippen LogP contribution in [0, 0.1) is 49.9 Å². The number of hydrogen-bond acceptors (Lipinski definition) is 27. The van der Waals surface area contributed by atoms with Crippen LogP contribution in [0.25, 0.3) is 66.1 Å². The largest absolute Gasteiger partial charge is 0.477 e. The van der Waals surface area contributed by atoms with E-state index in [0.717, 1.165) is 111 Å². The summed E-state index contributed by atoms with van der Waals surface area (Å²) in [6, 6.07) is 37.5. The van der Waals surface area contributed by atoms with Crippen molar-refractivity contribution in [1.29, 1.82) is 0 Å². The number of nitrogens with one attached hydrogen (secondary N) is 2. The number of aryl methyl sites for hydroxylation is 9. The minimum atomic E-state index is -0.743. The van der Waals surface area contributed by atoms with Gasteiger partial charge in [0.25, 0.3) is 0 Å². The molecule has 11 aromatic heterocycles. The van der Waals surface area contributed by atoms with Crippen LogP contribution in [0.5, 0.6) is 11.8 Å². The highest BCUT2D eigenvalue weighted by molar-refractivity contribution is 9.10. The number of anilines is 2. The highest BCUT2D eigenvalue weighted by Gasteiger charge is 2.70. The third-order valence-corrected chi connectivity index (χ3v) is 32.0. The third-order valence-electron chi connectivity index (χ3n) is 31.2. The molecule has 17 heterocycles. The van der Waals surface area contributed by atoms with E-state index in [-0.39, 0.29) is 142 Å². The first kappa shape index (κ1) is 100. The molecule has 23 rings (SSSR count). The average Bonchev–Trinajstić information content (AvgIpc) is 1.54. The smallest absolute Gasteiger partial charge is 0.248 e. The van der Waals surface area contributed by atoms with E-state index in [1.54, 1.807) is 73.0 Å². The number of fused-ring (bicyclic) bond motifs is 10. The molecule has 14 aromatic rings. The Bertz CT molecular complexity index is 7750. The molecule has 2 unspecified atom stereocenters. The number of carbonyl (C=O) groups is 10. The first-order valence-corrected chi connectivity index (χ1v) is 52.4. The topological polar surface area (TPSA) is 427 Å². The van der Waals surface area contributed by atoms with Gasteiger partial charge in [-0.05, 0) is 280 Å². The molecule has 10 bridgehead atoms. The van der Waals surface area contributed by atoms with Crippen LogP contribution in [0.15, 0.2) is 174 Å². The number of benzene rings is 3. The number of aromatic nitrogens is 17. The first-order chi connectivity index (χ1) is 71.8. The van der Waals surface area contributed by atoms with Gasteiger partial charge in [0.2, 0.25) is 41.3 Å². The lowest BCUT2D eigenvalue weighted by molar-refractivity contribution is -0.139. The number of halogens is 2. The standard InChI is InChI=1S/C40H46N6O5.C37H35BrN8O4.C35H31BrN8O4/c1-23-9-10-27-15-28(29-20-41-26(4)42-21-29)16-32-38(25(3)47)44-45(39(27)32)22-37(50)46-33(34(49)17-30-8-6-7-24(2)43-30)18-40(19-36(40)46)14-13-31(48)11-12-35(23)51-5;1-21(47)34-27-14-24(25-17-39-22(2)40-18-25)10-12-28(27)45(44-34)19-33(48)46-29-15-37(16-30(37)46)20-50-32-9-5-8-26(41-32)7-4-3-6-23-11-13-31(38)42-35(23)43-36(29)49;1-19(45)32-25-12-22(23-15-37-20(2)38-16-23)7-10-26(25)43(42-32)17-31(46)44-27-13-35(14-28(35)44)18-48-30-5-3-4-24(39-30)9-6-21-8-11-29(36)40-33(21)41-34(27)47/h6-8,15-16,20-21,23,33,35-36H,9-14,17-19,22H2,1-5H3;5,8-14,17-18,29-30H,3-4,6-7,15-16,19-20H2,1-2H3,(H,42,43,49);3-5,7-8,10-12,15-16,27-28H,6,9,13-14,17-18H2,1-2H3,(H,40,41,47)/t23?,33-,35?,36+,40-;29-,30+,37-;27-,28+,35-/m000/s1. The zero-order valence-electron chi connectivity index (χ0n) is 84.2. The second kappa shape index (κ2) is 41.1. The van der Waals surface area contributed by atoms with E-state index in [0.29, 0.717) is 179 Å². The molecule has 9 aliphatic rings. The van der Waals surface area contributed by atoms with Crippen molar-refractivity contribution in [2.45, 2.75) is 239 Å². The first-order valence-electron chi connectivity index (χ1n) is 50.8. The Balaban J connectivity index is 0.000000131. The van der Waals surface area contributed by atoms with Gasteiger partial charge in [0.05, 0.1) is 48.3 Å². The van der Waals surface area contributed by atoms with Crippen LogP contribution < -0.4 is 20.1 Å². The molecule has 2 N–H and O–H groups in total. The molecule has 0 radical (unpaired) electrons. The minimum absolute atomic E-state index is 0.0499. The monoisotopic (exact) mass is 2130 g/mol. The Morgan fingerprint density at radius 2 is 0.966 bits per heavy atom. The minimum Gasteiger partial charge on any atom is -0.477 e. The summed E-state index contributed by atoms with van der Waals surface area (Å²) in [5, 5.41) is 22.0. The van der Waals surface area contributed by atoms with Crippen LogP contribution >= 0.6 is 31.9 Å². The maximum absolute atomic E-state index is 14.5. The molecule has 3 saturated heterocycles. The van der Waals surface area contributed by atoms with Crippen molar-refractivity contribution in [3.05, 3.63) is 248 Å². The fraction of sp³-hybridized carbons (Fsp3) is 0.393. The van der Waals surface area contributed by atoms with Crippen molar-refractivity contribution in [1.82, 2.24) is 98.9 Å². The molecule has 3 aliphatic carbocycles. The molecule has 6 aliphatic heterocycles. The van der Waals surface area contributed by atoms with Gasteiger partial charge in [-0.2, -0.15) is 15.3 Å². The van der Waals surface area contributed by atoms with Crippen molar-refractivity contribution in [2.24, 2.45) is 22.2 Å². The number of rotatable bonds is 14. The molecular formula is C112H112Br2N22O13. The predicted molar refractivity (Wildman–Crippen MR) is 559 cm³/mol. The highest BCUT2D eigenvalue weighted by Crippen LogP contribution is 2.64. The second-order valence-electron chi connectivity index (χ2n) is 41.3. The number of piperidine rings is 3.